The third-order valence-corrected chi connectivity index (χ3v) is 2.84. The Balaban J connectivity index is 2.31. The summed E-state index contributed by atoms with van der Waals surface area (Å²) < 4.78 is 0. The van der Waals surface area contributed by atoms with Gasteiger partial charge in [0.05, 0.1) is 0 Å². The van der Waals surface area contributed by atoms with E-state index in [0.29, 0.717) is 12.5 Å². The van der Waals surface area contributed by atoms with Crippen molar-refractivity contribution in [2.24, 2.45) is 0 Å². The standard InChI is InChI=1S/C15H24N2O/c1-4-8-12(2)16-13(3)11-15(18)17-14-9-6-5-7-10-14/h5-7,9-10,12-13,16H,4,8,11H2,1-3H3,(H,17,18). The van der Waals surface area contributed by atoms with E-state index in [4.69, 9.17) is 0 Å². The molecule has 0 bridgehead atoms. The molecule has 0 aromatic heterocycles. The van der Waals surface area contributed by atoms with E-state index >= 15 is 0 Å². The molecule has 0 saturated carbocycles. The Labute approximate surface area is 110 Å². The molecule has 1 amide bonds. The monoisotopic (exact) mass is 248 g/mol. The summed E-state index contributed by atoms with van der Waals surface area (Å²) in [6.07, 6.45) is 2.81. The first kappa shape index (κ1) is 14.7. The van der Waals surface area contributed by atoms with Gasteiger partial charge >= 0.3 is 0 Å². The molecule has 3 heteroatoms. The van der Waals surface area contributed by atoms with Gasteiger partial charge in [0.1, 0.15) is 0 Å². The summed E-state index contributed by atoms with van der Waals surface area (Å²) in [5.74, 6) is 0.0601. The third kappa shape index (κ3) is 5.82. The molecule has 0 aliphatic carbocycles. The summed E-state index contributed by atoms with van der Waals surface area (Å²) in [5.41, 5.74) is 0.858. The van der Waals surface area contributed by atoms with Crippen LogP contribution in [-0.4, -0.2) is 18.0 Å². The van der Waals surface area contributed by atoms with Gasteiger partial charge in [-0.1, -0.05) is 31.5 Å². The van der Waals surface area contributed by atoms with Gasteiger partial charge in [0.25, 0.3) is 0 Å². The van der Waals surface area contributed by atoms with Gasteiger partial charge in [0, 0.05) is 24.2 Å². The lowest BCUT2D eigenvalue weighted by atomic mass is 10.1. The molecule has 0 aliphatic heterocycles. The highest BCUT2D eigenvalue weighted by Crippen LogP contribution is 2.06. The molecular weight excluding hydrogens is 224 g/mol. The van der Waals surface area contributed by atoms with Crippen molar-refractivity contribution in [2.75, 3.05) is 5.32 Å². The molecule has 2 N–H and O–H groups in total. The van der Waals surface area contributed by atoms with Crippen LogP contribution < -0.4 is 10.6 Å². The van der Waals surface area contributed by atoms with Gasteiger partial charge in [-0.2, -0.15) is 0 Å². The third-order valence-electron chi connectivity index (χ3n) is 2.84. The summed E-state index contributed by atoms with van der Waals surface area (Å²) in [5, 5.41) is 6.34. The Morgan fingerprint density at radius 1 is 1.17 bits per heavy atom. The van der Waals surface area contributed by atoms with Crippen LogP contribution in [0.3, 0.4) is 0 Å². The van der Waals surface area contributed by atoms with E-state index in [2.05, 4.69) is 31.4 Å². The Morgan fingerprint density at radius 3 is 2.44 bits per heavy atom. The molecule has 0 fully saturated rings. The SMILES string of the molecule is CCCC(C)NC(C)CC(=O)Nc1ccccc1. The first-order valence-corrected chi connectivity index (χ1v) is 6.72. The number of hydrogen-bond donors (Lipinski definition) is 2. The van der Waals surface area contributed by atoms with Crippen molar-refractivity contribution in [1.82, 2.24) is 5.32 Å². The lowest BCUT2D eigenvalue weighted by Crippen LogP contribution is -2.36. The molecule has 0 aliphatic rings. The van der Waals surface area contributed by atoms with Crippen LogP contribution in [0.25, 0.3) is 0 Å². The van der Waals surface area contributed by atoms with E-state index in [0.717, 1.165) is 18.5 Å². The second-order valence-electron chi connectivity index (χ2n) is 4.88. The average Bonchev–Trinajstić information content (AvgIpc) is 2.29. The molecule has 3 nitrogen and oxygen atoms in total. The molecule has 2 atom stereocenters. The number of anilines is 1. The lowest BCUT2D eigenvalue weighted by Gasteiger charge is -2.19. The van der Waals surface area contributed by atoms with E-state index in [1.807, 2.05) is 30.3 Å². The maximum absolute atomic E-state index is 11.8. The van der Waals surface area contributed by atoms with Crippen LogP contribution in [0, 0.1) is 0 Å². The summed E-state index contributed by atoms with van der Waals surface area (Å²) in [4.78, 5) is 11.8. The first-order chi connectivity index (χ1) is 8.61. The summed E-state index contributed by atoms with van der Waals surface area (Å²) >= 11 is 0. The van der Waals surface area contributed by atoms with Crippen molar-refractivity contribution >= 4 is 11.6 Å². The second-order valence-corrected chi connectivity index (χ2v) is 4.88. The molecule has 2 unspecified atom stereocenters. The van der Waals surface area contributed by atoms with Gasteiger partial charge in [-0.3, -0.25) is 4.79 Å². The normalized spacial score (nSPS) is 13.9. The maximum Gasteiger partial charge on any atom is 0.225 e. The van der Waals surface area contributed by atoms with Crippen LogP contribution in [0.15, 0.2) is 30.3 Å². The van der Waals surface area contributed by atoms with Gasteiger partial charge in [0.2, 0.25) is 5.91 Å². The van der Waals surface area contributed by atoms with E-state index in [9.17, 15) is 4.79 Å². The van der Waals surface area contributed by atoms with E-state index in [1.165, 1.54) is 0 Å². The lowest BCUT2D eigenvalue weighted by molar-refractivity contribution is -0.116. The van der Waals surface area contributed by atoms with Crippen molar-refractivity contribution in [2.45, 2.75) is 52.1 Å². The van der Waals surface area contributed by atoms with Gasteiger partial charge in [-0.05, 0) is 32.4 Å². The number of nitrogens with one attached hydrogen (secondary N) is 2. The van der Waals surface area contributed by atoms with Crippen LogP contribution in [-0.2, 0) is 4.79 Å². The van der Waals surface area contributed by atoms with Crippen LogP contribution in [0.2, 0.25) is 0 Å². The minimum Gasteiger partial charge on any atom is -0.326 e. The van der Waals surface area contributed by atoms with Crippen molar-refractivity contribution in [3.8, 4) is 0 Å². The Morgan fingerprint density at radius 2 is 1.83 bits per heavy atom. The molecule has 0 heterocycles. The maximum atomic E-state index is 11.8. The first-order valence-electron chi connectivity index (χ1n) is 6.72. The summed E-state index contributed by atoms with van der Waals surface area (Å²) in [7, 11) is 0. The second kappa shape index (κ2) is 7.88. The fraction of sp³-hybridized carbons (Fsp3) is 0.533. The summed E-state index contributed by atoms with van der Waals surface area (Å²) in [6.45, 7) is 6.39. The number of benzene rings is 1. The number of carbonyl (C=O) groups is 1. The highest BCUT2D eigenvalue weighted by Gasteiger charge is 2.11. The van der Waals surface area contributed by atoms with E-state index < -0.39 is 0 Å². The number of carbonyl (C=O) groups excluding carboxylic acids is 1. The molecule has 0 saturated heterocycles. The molecule has 0 spiro atoms. The predicted octanol–water partition coefficient (Wildman–Crippen LogP) is 3.18. The van der Waals surface area contributed by atoms with E-state index in [1.54, 1.807) is 0 Å². The van der Waals surface area contributed by atoms with E-state index in [-0.39, 0.29) is 11.9 Å². The highest BCUT2D eigenvalue weighted by atomic mass is 16.1. The van der Waals surface area contributed by atoms with Crippen molar-refractivity contribution in [3.63, 3.8) is 0 Å². The van der Waals surface area contributed by atoms with Gasteiger partial charge in [0.15, 0.2) is 0 Å². The van der Waals surface area contributed by atoms with Crippen LogP contribution >= 0.6 is 0 Å². The highest BCUT2D eigenvalue weighted by molar-refractivity contribution is 5.90. The van der Waals surface area contributed by atoms with Gasteiger partial charge in [-0.25, -0.2) is 0 Å². The van der Waals surface area contributed by atoms with Crippen LogP contribution in [0.1, 0.15) is 40.0 Å². The van der Waals surface area contributed by atoms with Crippen molar-refractivity contribution in [1.29, 1.82) is 0 Å². The molecular formula is C15H24N2O. The zero-order valence-electron chi connectivity index (χ0n) is 11.6. The largest absolute Gasteiger partial charge is 0.326 e. The predicted molar refractivity (Wildman–Crippen MR) is 76.7 cm³/mol. The zero-order chi connectivity index (χ0) is 13.4. The summed E-state index contributed by atoms with van der Waals surface area (Å²) in [6, 6.07) is 10.2. The number of rotatable bonds is 7. The zero-order valence-corrected chi connectivity index (χ0v) is 11.6. The van der Waals surface area contributed by atoms with Crippen molar-refractivity contribution in [3.05, 3.63) is 30.3 Å². The Bertz CT molecular complexity index is 351. The minimum atomic E-state index is 0.0601. The van der Waals surface area contributed by atoms with Gasteiger partial charge in [-0.15, -0.1) is 0 Å². The number of amides is 1. The van der Waals surface area contributed by atoms with Crippen LogP contribution in [0.5, 0.6) is 0 Å². The molecule has 100 valence electrons. The number of para-hydroxylation sites is 1. The quantitative estimate of drug-likeness (QED) is 0.778. The molecule has 0 radical (unpaired) electrons. The average molecular weight is 248 g/mol. The molecule has 18 heavy (non-hydrogen) atoms. The minimum absolute atomic E-state index is 0.0601. The fourth-order valence-electron chi connectivity index (χ4n) is 2.07. The molecule has 1 aromatic carbocycles. The molecule has 1 rings (SSSR count). The molecule has 1 aromatic rings. The topological polar surface area (TPSA) is 41.1 Å². The Kier molecular flexibility index (Phi) is 6.44. The van der Waals surface area contributed by atoms with Crippen molar-refractivity contribution < 1.29 is 4.79 Å². The fourth-order valence-corrected chi connectivity index (χ4v) is 2.07. The van der Waals surface area contributed by atoms with Crippen LogP contribution in [0.4, 0.5) is 5.69 Å². The van der Waals surface area contributed by atoms with Gasteiger partial charge < -0.3 is 10.6 Å². The smallest absolute Gasteiger partial charge is 0.225 e. The number of hydrogen-bond acceptors (Lipinski definition) is 2. The Hall–Kier alpha value is -1.35.